The first-order valence-corrected chi connectivity index (χ1v) is 4.11. The van der Waals surface area contributed by atoms with Crippen LogP contribution in [0.2, 0.25) is 0 Å². The average molecular weight is 143 g/mol. The highest BCUT2D eigenvalue weighted by atomic mass is 16.3. The second kappa shape index (κ2) is 2.89. The predicted octanol–water partition coefficient (Wildman–Crippen LogP) is 0.886. The van der Waals surface area contributed by atoms with E-state index in [0.717, 1.165) is 19.3 Å². The van der Waals surface area contributed by atoms with Crippen molar-refractivity contribution in [1.29, 1.82) is 0 Å². The van der Waals surface area contributed by atoms with Crippen LogP contribution in [0.4, 0.5) is 0 Å². The van der Waals surface area contributed by atoms with Crippen LogP contribution in [0, 0.1) is 5.92 Å². The Labute approximate surface area is 62.4 Å². The van der Waals surface area contributed by atoms with Gasteiger partial charge in [0.05, 0.1) is 5.60 Å². The highest BCUT2D eigenvalue weighted by Gasteiger charge is 2.34. The Morgan fingerprint density at radius 3 is 2.70 bits per heavy atom. The molecular formula is C8H17NO. The second-order valence-corrected chi connectivity index (χ2v) is 3.45. The van der Waals surface area contributed by atoms with Gasteiger partial charge in [0.2, 0.25) is 0 Å². The summed E-state index contributed by atoms with van der Waals surface area (Å²) in [6.07, 6.45) is 4.42. The molecule has 0 bridgehead atoms. The third-order valence-electron chi connectivity index (χ3n) is 2.77. The summed E-state index contributed by atoms with van der Waals surface area (Å²) in [6, 6.07) is 0. The maximum Gasteiger partial charge on any atom is 0.0794 e. The molecule has 0 heterocycles. The molecule has 10 heavy (non-hydrogen) atoms. The third-order valence-corrected chi connectivity index (χ3v) is 2.77. The van der Waals surface area contributed by atoms with Crippen LogP contribution in [0.3, 0.4) is 0 Å². The van der Waals surface area contributed by atoms with Gasteiger partial charge >= 0.3 is 0 Å². The van der Waals surface area contributed by atoms with Gasteiger partial charge < -0.3 is 10.8 Å². The van der Waals surface area contributed by atoms with Crippen molar-refractivity contribution >= 4 is 0 Å². The first kappa shape index (κ1) is 8.02. The van der Waals surface area contributed by atoms with E-state index in [1.165, 1.54) is 6.42 Å². The summed E-state index contributed by atoms with van der Waals surface area (Å²) in [4.78, 5) is 0. The molecular weight excluding hydrogens is 126 g/mol. The van der Waals surface area contributed by atoms with Gasteiger partial charge in [-0.15, -0.1) is 0 Å². The van der Waals surface area contributed by atoms with Crippen LogP contribution in [0.5, 0.6) is 0 Å². The summed E-state index contributed by atoms with van der Waals surface area (Å²) in [6.45, 7) is 2.51. The number of rotatable bonds is 1. The summed E-state index contributed by atoms with van der Waals surface area (Å²) in [7, 11) is 0. The van der Waals surface area contributed by atoms with E-state index in [4.69, 9.17) is 5.73 Å². The van der Waals surface area contributed by atoms with Gasteiger partial charge in [-0.2, -0.15) is 0 Å². The van der Waals surface area contributed by atoms with Crippen molar-refractivity contribution in [2.45, 2.75) is 38.2 Å². The van der Waals surface area contributed by atoms with E-state index >= 15 is 0 Å². The van der Waals surface area contributed by atoms with Gasteiger partial charge in [0.15, 0.2) is 0 Å². The van der Waals surface area contributed by atoms with E-state index < -0.39 is 5.60 Å². The van der Waals surface area contributed by atoms with Gasteiger partial charge in [0.25, 0.3) is 0 Å². The van der Waals surface area contributed by atoms with Crippen LogP contribution < -0.4 is 5.73 Å². The fourth-order valence-corrected chi connectivity index (χ4v) is 1.70. The Bertz CT molecular complexity index is 116. The molecule has 60 valence electrons. The van der Waals surface area contributed by atoms with Crippen LogP contribution in [0.15, 0.2) is 0 Å². The van der Waals surface area contributed by atoms with Crippen molar-refractivity contribution < 1.29 is 5.11 Å². The monoisotopic (exact) mass is 143 g/mol. The molecule has 0 aromatic heterocycles. The fourth-order valence-electron chi connectivity index (χ4n) is 1.70. The molecule has 0 radical (unpaired) electrons. The highest BCUT2D eigenvalue weighted by Crippen LogP contribution is 2.32. The van der Waals surface area contributed by atoms with Crippen LogP contribution >= 0.6 is 0 Å². The largest absolute Gasteiger partial charge is 0.388 e. The lowest BCUT2D eigenvalue weighted by molar-refractivity contribution is -0.0326. The maximum atomic E-state index is 9.82. The Hall–Kier alpha value is -0.0800. The summed E-state index contributed by atoms with van der Waals surface area (Å²) in [5.41, 5.74) is 4.93. The van der Waals surface area contributed by atoms with Crippen molar-refractivity contribution in [2.24, 2.45) is 11.7 Å². The Morgan fingerprint density at radius 2 is 2.30 bits per heavy atom. The van der Waals surface area contributed by atoms with Crippen LogP contribution in [-0.2, 0) is 0 Å². The van der Waals surface area contributed by atoms with Crippen molar-refractivity contribution in [3.05, 3.63) is 0 Å². The molecule has 2 atom stereocenters. The van der Waals surface area contributed by atoms with E-state index in [1.807, 2.05) is 0 Å². The molecule has 3 N–H and O–H groups in total. The smallest absolute Gasteiger partial charge is 0.0794 e. The van der Waals surface area contributed by atoms with E-state index in [0.29, 0.717) is 12.5 Å². The van der Waals surface area contributed by atoms with Crippen molar-refractivity contribution in [3.8, 4) is 0 Å². The number of nitrogens with two attached hydrogens (primary N) is 1. The lowest BCUT2D eigenvalue weighted by Crippen LogP contribution is -2.45. The molecule has 0 aromatic carbocycles. The zero-order chi connectivity index (χ0) is 7.61. The Morgan fingerprint density at radius 1 is 1.60 bits per heavy atom. The molecule has 1 fully saturated rings. The molecule has 0 aromatic rings. The van der Waals surface area contributed by atoms with Gasteiger partial charge in [-0.25, -0.2) is 0 Å². The summed E-state index contributed by atoms with van der Waals surface area (Å²) >= 11 is 0. The third kappa shape index (κ3) is 1.32. The number of hydrogen-bond donors (Lipinski definition) is 2. The number of hydrogen-bond acceptors (Lipinski definition) is 2. The Balaban J connectivity index is 2.54. The minimum Gasteiger partial charge on any atom is -0.388 e. The Kier molecular flexibility index (Phi) is 2.32. The average Bonchev–Trinajstić information content (AvgIpc) is 1.96. The number of aliphatic hydroxyl groups is 1. The van der Waals surface area contributed by atoms with Crippen LogP contribution in [-0.4, -0.2) is 17.3 Å². The summed E-state index contributed by atoms with van der Waals surface area (Å²) in [5, 5.41) is 9.82. The topological polar surface area (TPSA) is 46.2 Å². The van der Waals surface area contributed by atoms with E-state index in [1.54, 1.807) is 0 Å². The standard InChI is InChI=1S/C8H17NO/c1-7-4-2-3-5-8(7,10)6-9/h7,10H,2-6,9H2,1H3/t7-,8+/m1/s1. The van der Waals surface area contributed by atoms with Gasteiger partial charge in [0.1, 0.15) is 0 Å². The molecule has 1 aliphatic carbocycles. The normalized spacial score (nSPS) is 41.7. The molecule has 0 saturated heterocycles. The lowest BCUT2D eigenvalue weighted by atomic mass is 9.76. The fraction of sp³-hybridized carbons (Fsp3) is 1.00. The quantitative estimate of drug-likeness (QED) is 0.572. The molecule has 2 nitrogen and oxygen atoms in total. The zero-order valence-corrected chi connectivity index (χ0v) is 6.64. The SMILES string of the molecule is C[C@@H]1CCCC[C@]1(O)CN. The summed E-state index contributed by atoms with van der Waals surface area (Å²) < 4.78 is 0. The van der Waals surface area contributed by atoms with Crippen LogP contribution in [0.1, 0.15) is 32.6 Å². The molecule has 0 unspecified atom stereocenters. The van der Waals surface area contributed by atoms with Crippen molar-refractivity contribution in [3.63, 3.8) is 0 Å². The van der Waals surface area contributed by atoms with E-state index in [-0.39, 0.29) is 0 Å². The van der Waals surface area contributed by atoms with Gasteiger partial charge in [-0.05, 0) is 18.8 Å². The van der Waals surface area contributed by atoms with Gasteiger partial charge in [-0.1, -0.05) is 19.8 Å². The molecule has 0 aliphatic heterocycles. The molecule has 1 rings (SSSR count). The molecule has 0 amide bonds. The van der Waals surface area contributed by atoms with Gasteiger partial charge in [0, 0.05) is 6.54 Å². The highest BCUT2D eigenvalue weighted by molar-refractivity contribution is 4.88. The molecule has 0 spiro atoms. The first-order chi connectivity index (χ1) is 4.69. The minimum atomic E-state index is -0.543. The minimum absolute atomic E-state index is 0.395. The van der Waals surface area contributed by atoms with E-state index in [2.05, 4.69) is 6.92 Å². The van der Waals surface area contributed by atoms with Crippen molar-refractivity contribution in [1.82, 2.24) is 0 Å². The molecule has 2 heteroatoms. The maximum absolute atomic E-state index is 9.82. The van der Waals surface area contributed by atoms with Crippen molar-refractivity contribution in [2.75, 3.05) is 6.54 Å². The zero-order valence-electron chi connectivity index (χ0n) is 6.64. The second-order valence-electron chi connectivity index (χ2n) is 3.45. The van der Waals surface area contributed by atoms with Crippen LogP contribution in [0.25, 0.3) is 0 Å². The predicted molar refractivity (Wildman–Crippen MR) is 41.6 cm³/mol. The van der Waals surface area contributed by atoms with Gasteiger partial charge in [-0.3, -0.25) is 0 Å². The molecule has 1 saturated carbocycles. The first-order valence-electron chi connectivity index (χ1n) is 4.11. The van der Waals surface area contributed by atoms with E-state index in [9.17, 15) is 5.11 Å². The summed E-state index contributed by atoms with van der Waals surface area (Å²) in [5.74, 6) is 0.395. The molecule has 1 aliphatic rings. The lowest BCUT2D eigenvalue weighted by Gasteiger charge is -2.36.